The Morgan fingerprint density at radius 2 is 0.609 bits per heavy atom. The fourth-order valence-electron chi connectivity index (χ4n) is 2.39. The van der Waals surface area contributed by atoms with Crippen molar-refractivity contribution in [3.63, 3.8) is 0 Å². The number of nitrogens with zero attached hydrogens (tertiary/aromatic N) is 1. The molecule has 0 aromatic rings. The SMILES string of the molecule is CC1C(C)C(C)C(C)C1C.[CH2-][Si](C)(C)C.[CH2-][Si](C)(C)C.[Mo+4].[N-]=O. The Kier molecular flexibility index (Phi) is 19.1. The fourth-order valence-corrected chi connectivity index (χ4v) is 2.39. The molecule has 0 radical (unpaired) electrons. The maximum absolute atomic E-state index is 7.25. The summed E-state index contributed by atoms with van der Waals surface area (Å²) in [5.74, 6) is 4.68. The number of hydrogen-bond donors (Lipinski definition) is 0. The minimum atomic E-state index is -0.861. The fraction of sp³-hybridized carbons (Fsp3) is 0.889. The van der Waals surface area contributed by atoms with Crippen LogP contribution < -0.4 is 0 Å². The van der Waals surface area contributed by atoms with Gasteiger partial charge in [0.2, 0.25) is 0 Å². The summed E-state index contributed by atoms with van der Waals surface area (Å²) in [6.07, 6.45) is 0. The molecule has 2 nitrogen and oxygen atoms in total. The Morgan fingerprint density at radius 3 is 0.652 bits per heavy atom. The zero-order chi connectivity index (χ0) is 18.9. The molecule has 0 unspecified atom stereocenters. The van der Waals surface area contributed by atoms with Crippen molar-refractivity contribution in [2.24, 2.45) is 29.6 Å². The van der Waals surface area contributed by atoms with Crippen molar-refractivity contribution in [2.75, 3.05) is 0 Å². The molecule has 0 N–H and O–H groups in total. The van der Waals surface area contributed by atoms with E-state index in [4.69, 9.17) is 10.5 Å². The molecule has 1 aliphatic carbocycles. The van der Waals surface area contributed by atoms with E-state index in [0.29, 0.717) is 0 Å². The zero-order valence-corrected chi connectivity index (χ0v) is 21.6. The largest absolute Gasteiger partial charge is 4.00 e. The second-order valence-electron chi connectivity index (χ2n) is 9.42. The van der Waals surface area contributed by atoms with Crippen LogP contribution in [0.25, 0.3) is 5.59 Å². The Hall–Kier alpha value is 0.722. The van der Waals surface area contributed by atoms with Crippen LogP contribution in [0, 0.1) is 47.6 Å². The predicted molar refractivity (Wildman–Crippen MR) is 110 cm³/mol. The van der Waals surface area contributed by atoms with E-state index in [-0.39, 0.29) is 21.1 Å². The van der Waals surface area contributed by atoms with Gasteiger partial charge in [0.25, 0.3) is 0 Å². The smallest absolute Gasteiger partial charge is 0.577 e. The molecular weight excluding hydrogens is 398 g/mol. The van der Waals surface area contributed by atoms with E-state index >= 15 is 0 Å². The second kappa shape index (κ2) is 14.0. The number of hydrogen-bond acceptors (Lipinski definition) is 1. The topological polar surface area (TPSA) is 39.4 Å². The van der Waals surface area contributed by atoms with Gasteiger partial charge in [0.05, 0.1) is 0 Å². The Bertz CT molecular complexity index is 208. The van der Waals surface area contributed by atoms with Crippen LogP contribution in [-0.4, -0.2) is 16.1 Å². The van der Waals surface area contributed by atoms with E-state index in [1.54, 1.807) is 0 Å². The Labute approximate surface area is 164 Å². The van der Waals surface area contributed by atoms with Crippen LogP contribution in [0.15, 0.2) is 0 Å². The molecule has 0 aromatic carbocycles. The maximum atomic E-state index is 7.25. The molecule has 1 fully saturated rings. The third-order valence-electron chi connectivity index (χ3n) is 4.15. The van der Waals surface area contributed by atoms with Crippen LogP contribution in [0.3, 0.4) is 0 Å². The zero-order valence-electron chi connectivity index (χ0n) is 17.6. The molecule has 138 valence electrons. The van der Waals surface area contributed by atoms with Crippen molar-refractivity contribution in [1.29, 1.82) is 0 Å². The van der Waals surface area contributed by atoms with E-state index in [2.05, 4.69) is 87.0 Å². The molecule has 0 heterocycles. The molecule has 0 aromatic heterocycles. The van der Waals surface area contributed by atoms with E-state index < -0.39 is 16.1 Å². The van der Waals surface area contributed by atoms with Gasteiger partial charge in [-0.15, -0.1) is 16.1 Å². The number of nitroso groups, excluding NO2 is 1. The van der Waals surface area contributed by atoms with Gasteiger partial charge in [-0.05, 0) is 29.6 Å². The molecule has 23 heavy (non-hydrogen) atoms. The van der Waals surface area contributed by atoms with E-state index in [9.17, 15) is 0 Å². The molecule has 0 spiro atoms. The average Bonchev–Trinajstić information content (AvgIpc) is 2.46. The molecule has 1 aliphatic rings. The van der Waals surface area contributed by atoms with Crippen LogP contribution in [0.5, 0.6) is 0 Å². The molecule has 5 heteroatoms. The van der Waals surface area contributed by atoms with Gasteiger partial charge in [-0.3, -0.25) is 0 Å². The first-order valence-electron chi connectivity index (χ1n) is 8.44. The Balaban J connectivity index is -0.000000120. The van der Waals surface area contributed by atoms with Crippen molar-refractivity contribution >= 4 is 16.1 Å². The quantitative estimate of drug-likeness (QED) is 0.298. The second-order valence-corrected chi connectivity index (χ2v) is 19.7. The summed E-state index contributed by atoms with van der Waals surface area (Å²) in [5.41, 5.74) is 5.75. The molecule has 1 saturated carbocycles. The van der Waals surface area contributed by atoms with Gasteiger partial charge in [0.1, 0.15) is 0 Å². The van der Waals surface area contributed by atoms with Gasteiger partial charge in [0, 0.05) is 0 Å². The minimum absolute atomic E-state index is 0. The van der Waals surface area contributed by atoms with Gasteiger partial charge in [0.15, 0.2) is 0 Å². The monoisotopic (exact) mass is 442 g/mol. The van der Waals surface area contributed by atoms with Crippen LogP contribution >= 0.6 is 0 Å². The molecule has 0 atom stereocenters. The normalized spacial score (nSPS) is 29.5. The molecular formula is C18H42MoNOSi2+. The van der Waals surface area contributed by atoms with Crippen LogP contribution in [0.2, 0.25) is 39.3 Å². The Morgan fingerprint density at radius 1 is 0.565 bits per heavy atom. The third kappa shape index (κ3) is 22.7. The van der Waals surface area contributed by atoms with Gasteiger partial charge in [-0.1, -0.05) is 73.9 Å². The summed E-state index contributed by atoms with van der Waals surface area (Å²) < 4.78 is 0. The molecule has 0 amide bonds. The van der Waals surface area contributed by atoms with Gasteiger partial charge < -0.3 is 23.6 Å². The average molecular weight is 441 g/mol. The summed E-state index contributed by atoms with van der Waals surface area (Å²) in [6.45, 7) is 33.1. The van der Waals surface area contributed by atoms with Crippen LogP contribution in [-0.2, 0) is 21.1 Å². The van der Waals surface area contributed by atoms with Crippen molar-refractivity contribution in [3.05, 3.63) is 23.6 Å². The molecule has 0 aliphatic heterocycles. The maximum Gasteiger partial charge on any atom is 4.00 e. The van der Waals surface area contributed by atoms with Crippen LogP contribution in [0.4, 0.5) is 0 Å². The van der Waals surface area contributed by atoms with Crippen molar-refractivity contribution in [1.82, 2.24) is 0 Å². The van der Waals surface area contributed by atoms with Crippen molar-refractivity contribution < 1.29 is 21.1 Å². The summed E-state index contributed by atoms with van der Waals surface area (Å²) in [7, 11) is -1.72. The first kappa shape index (κ1) is 31.5. The van der Waals surface area contributed by atoms with Gasteiger partial charge >= 0.3 is 21.1 Å². The standard InChI is InChI=1S/C10H20.2C4H11Si.Mo.NO/c1-6-7(2)9(4)10(5)8(6)3;2*1-5(2,3)4;;1-2/h6-10H,1-5H3;2*1H2,2-4H3;;/q;2*-1;+4;-1. The van der Waals surface area contributed by atoms with Gasteiger partial charge in [-0.25, -0.2) is 0 Å². The van der Waals surface area contributed by atoms with E-state index in [1.165, 1.54) is 0 Å². The summed E-state index contributed by atoms with van der Waals surface area (Å²) >= 11 is 0. The van der Waals surface area contributed by atoms with Gasteiger partial charge in [-0.2, -0.15) is 0 Å². The predicted octanol–water partition coefficient (Wildman–Crippen LogP) is 6.90. The van der Waals surface area contributed by atoms with Crippen molar-refractivity contribution in [3.8, 4) is 0 Å². The minimum Gasteiger partial charge on any atom is -0.577 e. The van der Waals surface area contributed by atoms with E-state index in [0.717, 1.165) is 29.6 Å². The molecule has 1 rings (SSSR count). The number of rotatable bonds is 0. The van der Waals surface area contributed by atoms with Crippen molar-refractivity contribution in [2.45, 2.75) is 73.9 Å². The first-order chi connectivity index (χ1) is 9.55. The molecule has 0 bridgehead atoms. The van der Waals surface area contributed by atoms with Crippen LogP contribution in [0.1, 0.15) is 34.6 Å². The summed E-state index contributed by atoms with van der Waals surface area (Å²) in [4.78, 5) is 7.25. The summed E-state index contributed by atoms with van der Waals surface area (Å²) in [6, 6.07) is 0. The summed E-state index contributed by atoms with van der Waals surface area (Å²) in [5, 5.41) is 0. The van der Waals surface area contributed by atoms with E-state index in [1.807, 2.05) is 0 Å². The third-order valence-corrected chi connectivity index (χ3v) is 4.15. The first-order valence-corrected chi connectivity index (χ1v) is 15.9. The molecule has 0 saturated heterocycles.